The lowest BCUT2D eigenvalue weighted by Gasteiger charge is -2.37. The van der Waals surface area contributed by atoms with Gasteiger partial charge in [-0.05, 0) is 53.8 Å². The highest BCUT2D eigenvalue weighted by Crippen LogP contribution is 2.36. The van der Waals surface area contributed by atoms with E-state index in [1.165, 1.54) is 6.07 Å². The maximum absolute atomic E-state index is 14.3. The molecule has 0 aromatic heterocycles. The van der Waals surface area contributed by atoms with Crippen LogP contribution in [0.1, 0.15) is 37.4 Å². The van der Waals surface area contributed by atoms with Crippen molar-refractivity contribution in [1.82, 2.24) is 4.90 Å². The summed E-state index contributed by atoms with van der Waals surface area (Å²) in [6.45, 7) is 4.07. The molecular weight excluding hydrogens is 362 g/mol. The van der Waals surface area contributed by atoms with Gasteiger partial charge < -0.3 is 15.7 Å². The number of amides is 1. The average molecular weight is 386 g/mol. The fourth-order valence-corrected chi connectivity index (χ4v) is 3.42. The molecule has 6 heteroatoms. The molecule has 3 rings (SSSR count). The fraction of sp³-hybridized carbons (Fsp3) is 0.318. The second kappa shape index (κ2) is 8.10. The minimum absolute atomic E-state index is 0.0385. The molecule has 2 aromatic rings. The molecule has 1 unspecified atom stereocenters. The van der Waals surface area contributed by atoms with Crippen LogP contribution in [0.15, 0.2) is 48.5 Å². The Morgan fingerprint density at radius 2 is 1.96 bits per heavy atom. The van der Waals surface area contributed by atoms with Gasteiger partial charge in [-0.1, -0.05) is 32.1 Å². The standard InChI is InChI=1S/C22H24F2N2O2/c1-13(2)21(25)22(28)26-9-8-14(18-12-16(23)6-7-19(18)24)11-20(26)15-4-3-5-17(27)10-15/h3-7,10-13,20-21,27H,8-9,25H2,1-2H3/t20?,21-/m0/s1. The number of nitrogens with zero attached hydrogens (tertiary/aromatic N) is 1. The van der Waals surface area contributed by atoms with Crippen molar-refractivity contribution >= 4 is 11.5 Å². The van der Waals surface area contributed by atoms with E-state index in [9.17, 15) is 18.7 Å². The normalized spacial score (nSPS) is 18.1. The van der Waals surface area contributed by atoms with Gasteiger partial charge in [0.05, 0.1) is 12.1 Å². The third-order valence-corrected chi connectivity index (χ3v) is 5.09. The Morgan fingerprint density at radius 1 is 1.21 bits per heavy atom. The average Bonchev–Trinajstić information content (AvgIpc) is 2.68. The number of benzene rings is 2. The van der Waals surface area contributed by atoms with Crippen molar-refractivity contribution in [1.29, 1.82) is 0 Å². The Hall–Kier alpha value is -2.73. The van der Waals surface area contributed by atoms with Gasteiger partial charge in [-0.15, -0.1) is 0 Å². The van der Waals surface area contributed by atoms with Gasteiger partial charge in [0.15, 0.2) is 0 Å². The van der Waals surface area contributed by atoms with Crippen molar-refractivity contribution in [2.75, 3.05) is 6.54 Å². The van der Waals surface area contributed by atoms with Gasteiger partial charge in [0.2, 0.25) is 5.91 Å². The number of halogens is 2. The van der Waals surface area contributed by atoms with Crippen LogP contribution in [-0.4, -0.2) is 28.5 Å². The Balaban J connectivity index is 2.06. The van der Waals surface area contributed by atoms with Gasteiger partial charge >= 0.3 is 0 Å². The van der Waals surface area contributed by atoms with Gasteiger partial charge in [-0.25, -0.2) is 8.78 Å². The van der Waals surface area contributed by atoms with Gasteiger partial charge in [0, 0.05) is 12.1 Å². The fourth-order valence-electron chi connectivity index (χ4n) is 3.42. The van der Waals surface area contributed by atoms with E-state index >= 15 is 0 Å². The molecule has 2 atom stereocenters. The van der Waals surface area contributed by atoms with E-state index in [0.29, 0.717) is 24.1 Å². The van der Waals surface area contributed by atoms with Crippen LogP contribution in [0.25, 0.3) is 5.57 Å². The van der Waals surface area contributed by atoms with E-state index in [2.05, 4.69) is 0 Å². The lowest BCUT2D eigenvalue weighted by Crippen LogP contribution is -2.49. The van der Waals surface area contributed by atoms with Crippen LogP contribution in [0.3, 0.4) is 0 Å². The Kier molecular flexibility index (Phi) is 5.79. The molecule has 28 heavy (non-hydrogen) atoms. The van der Waals surface area contributed by atoms with Gasteiger partial charge in [0.25, 0.3) is 0 Å². The first kappa shape index (κ1) is 20.0. The molecule has 1 amide bonds. The van der Waals surface area contributed by atoms with Crippen LogP contribution in [0.4, 0.5) is 8.78 Å². The highest BCUT2D eigenvalue weighted by atomic mass is 19.1. The Morgan fingerprint density at radius 3 is 2.64 bits per heavy atom. The van der Waals surface area contributed by atoms with Gasteiger partial charge in [-0.2, -0.15) is 0 Å². The van der Waals surface area contributed by atoms with Gasteiger partial charge in [-0.3, -0.25) is 4.79 Å². The van der Waals surface area contributed by atoms with E-state index in [4.69, 9.17) is 5.73 Å². The summed E-state index contributed by atoms with van der Waals surface area (Å²) in [6, 6.07) is 8.71. The topological polar surface area (TPSA) is 66.6 Å². The highest BCUT2D eigenvalue weighted by Gasteiger charge is 2.32. The van der Waals surface area contributed by atoms with Crippen LogP contribution in [-0.2, 0) is 4.79 Å². The van der Waals surface area contributed by atoms with Crippen LogP contribution < -0.4 is 5.73 Å². The SMILES string of the molecule is CC(C)[C@H](N)C(=O)N1CCC(c2cc(F)ccc2F)=CC1c1cccc(O)c1. The lowest BCUT2D eigenvalue weighted by molar-refractivity contribution is -0.135. The number of carbonyl (C=O) groups is 1. The molecule has 0 bridgehead atoms. The largest absolute Gasteiger partial charge is 0.508 e. The summed E-state index contributed by atoms with van der Waals surface area (Å²) in [5.74, 6) is -1.22. The number of rotatable bonds is 4. The third-order valence-electron chi connectivity index (χ3n) is 5.09. The van der Waals surface area contributed by atoms with E-state index in [1.807, 2.05) is 13.8 Å². The molecular formula is C22H24F2N2O2. The quantitative estimate of drug-likeness (QED) is 0.834. The van der Waals surface area contributed by atoms with Gasteiger partial charge in [0.1, 0.15) is 17.4 Å². The molecule has 148 valence electrons. The van der Waals surface area contributed by atoms with E-state index in [1.54, 1.807) is 29.2 Å². The van der Waals surface area contributed by atoms with E-state index in [-0.39, 0.29) is 23.1 Å². The van der Waals surface area contributed by atoms with E-state index in [0.717, 1.165) is 18.2 Å². The number of carbonyl (C=O) groups excluding carboxylic acids is 1. The zero-order chi connectivity index (χ0) is 20.4. The number of aromatic hydroxyl groups is 1. The predicted molar refractivity (Wildman–Crippen MR) is 104 cm³/mol. The first-order valence-corrected chi connectivity index (χ1v) is 9.29. The summed E-state index contributed by atoms with van der Waals surface area (Å²) >= 11 is 0. The first-order chi connectivity index (χ1) is 13.3. The molecule has 0 aliphatic carbocycles. The zero-order valence-electron chi connectivity index (χ0n) is 15.9. The summed E-state index contributed by atoms with van der Waals surface area (Å²) < 4.78 is 28.0. The first-order valence-electron chi connectivity index (χ1n) is 9.29. The summed E-state index contributed by atoms with van der Waals surface area (Å²) in [4.78, 5) is 14.6. The van der Waals surface area contributed by atoms with Crippen molar-refractivity contribution in [2.45, 2.75) is 32.4 Å². The molecule has 1 aliphatic heterocycles. The minimum atomic E-state index is -0.666. The van der Waals surface area contributed by atoms with E-state index < -0.39 is 23.7 Å². The molecule has 4 nitrogen and oxygen atoms in total. The molecule has 1 heterocycles. The van der Waals surface area contributed by atoms with Crippen LogP contribution >= 0.6 is 0 Å². The summed E-state index contributed by atoms with van der Waals surface area (Å²) in [5, 5.41) is 9.87. The minimum Gasteiger partial charge on any atom is -0.508 e. The van der Waals surface area contributed by atoms with Crippen LogP contribution in [0.5, 0.6) is 5.75 Å². The Bertz CT molecular complexity index is 911. The van der Waals surface area contributed by atoms with Crippen molar-refractivity contribution in [3.63, 3.8) is 0 Å². The molecule has 0 saturated heterocycles. The molecule has 1 aliphatic rings. The summed E-state index contributed by atoms with van der Waals surface area (Å²) in [6.07, 6.45) is 2.13. The molecule has 2 aromatic carbocycles. The summed E-state index contributed by atoms with van der Waals surface area (Å²) in [5.41, 5.74) is 7.56. The number of phenols is 1. The molecule has 3 N–H and O–H groups in total. The van der Waals surface area contributed by atoms with Crippen LogP contribution in [0.2, 0.25) is 0 Å². The number of phenolic OH excluding ortho intramolecular Hbond substituents is 1. The van der Waals surface area contributed by atoms with Crippen LogP contribution in [0, 0.1) is 17.6 Å². The second-order valence-electron chi connectivity index (χ2n) is 7.41. The van der Waals surface area contributed by atoms with Crippen molar-refractivity contribution < 1.29 is 18.7 Å². The van der Waals surface area contributed by atoms with Crippen molar-refractivity contribution in [3.8, 4) is 5.75 Å². The molecule has 0 radical (unpaired) electrons. The lowest BCUT2D eigenvalue weighted by atomic mass is 9.90. The number of hydrogen-bond acceptors (Lipinski definition) is 3. The molecule has 0 spiro atoms. The number of nitrogens with two attached hydrogens (primary N) is 1. The van der Waals surface area contributed by atoms with Crippen molar-refractivity contribution in [3.05, 3.63) is 71.3 Å². The second-order valence-corrected chi connectivity index (χ2v) is 7.41. The zero-order valence-corrected chi connectivity index (χ0v) is 15.9. The monoisotopic (exact) mass is 386 g/mol. The number of hydrogen-bond donors (Lipinski definition) is 2. The van der Waals surface area contributed by atoms with Crippen molar-refractivity contribution in [2.24, 2.45) is 11.7 Å². The molecule has 0 fully saturated rings. The third kappa shape index (κ3) is 4.07. The predicted octanol–water partition coefficient (Wildman–Crippen LogP) is 4.01. The maximum Gasteiger partial charge on any atom is 0.240 e. The Labute approximate surface area is 163 Å². The summed E-state index contributed by atoms with van der Waals surface area (Å²) in [7, 11) is 0. The smallest absolute Gasteiger partial charge is 0.240 e. The molecule has 0 saturated carbocycles. The maximum atomic E-state index is 14.3. The highest BCUT2D eigenvalue weighted by molar-refractivity contribution is 5.84.